The predicted molar refractivity (Wildman–Crippen MR) is 75.1 cm³/mol. The Bertz CT molecular complexity index is 809. The Balaban J connectivity index is 2.11. The van der Waals surface area contributed by atoms with Gasteiger partial charge in [0.15, 0.2) is 16.5 Å². The molecule has 2 aromatic rings. The molecule has 1 N–H and O–H groups in total. The number of aliphatic hydroxyl groups excluding tert-OH is 1. The van der Waals surface area contributed by atoms with Crippen LogP contribution >= 0.6 is 0 Å². The fourth-order valence-corrected chi connectivity index (χ4v) is 3.88. The number of oxime groups is 1. The Hall–Kier alpha value is -2.39. The molecule has 1 atom stereocenters. The first-order chi connectivity index (χ1) is 10.4. The highest BCUT2D eigenvalue weighted by molar-refractivity contribution is 7.89. The number of nitrogens with zero attached hydrogens (tertiary/aromatic N) is 3. The van der Waals surface area contributed by atoms with Crippen molar-refractivity contribution in [1.29, 1.82) is 0 Å². The average Bonchev–Trinajstić information content (AvgIpc) is 3.03. The van der Waals surface area contributed by atoms with Gasteiger partial charge in [-0.25, -0.2) is 8.42 Å². The summed E-state index contributed by atoms with van der Waals surface area (Å²) in [7, 11) is -4.13. The third-order valence-corrected chi connectivity index (χ3v) is 5.13. The third-order valence-electron chi connectivity index (χ3n) is 3.16. The van der Waals surface area contributed by atoms with Crippen LogP contribution in [0.4, 0.5) is 0 Å². The first-order valence-corrected chi connectivity index (χ1v) is 7.81. The van der Waals surface area contributed by atoms with Gasteiger partial charge in [-0.05, 0) is 13.8 Å². The molecule has 0 radical (unpaired) electrons. The summed E-state index contributed by atoms with van der Waals surface area (Å²) in [5, 5.41) is 17.2. The van der Waals surface area contributed by atoms with Crippen LogP contribution in [0.1, 0.15) is 17.0 Å². The van der Waals surface area contributed by atoms with Crippen molar-refractivity contribution in [3.05, 3.63) is 47.3 Å². The van der Waals surface area contributed by atoms with E-state index in [0.29, 0.717) is 9.87 Å². The van der Waals surface area contributed by atoms with E-state index in [1.807, 2.05) is 0 Å². The number of hydrogen-bond donors (Lipinski definition) is 1. The standard InChI is InChI=1S/C13H13N3O5S/c1-8-11(9(2)20-14-8)22(18,19)16-12(15-21-13(16)17)10-6-4-3-5-7-10/h3-7,13,17H,1-2H3. The highest BCUT2D eigenvalue weighted by Crippen LogP contribution is 2.29. The minimum absolute atomic E-state index is 0.00639. The lowest BCUT2D eigenvalue weighted by Gasteiger charge is -2.20. The van der Waals surface area contributed by atoms with Gasteiger partial charge in [-0.2, -0.15) is 4.31 Å². The lowest BCUT2D eigenvalue weighted by Crippen LogP contribution is -2.41. The van der Waals surface area contributed by atoms with Gasteiger partial charge in [0.25, 0.3) is 10.0 Å². The van der Waals surface area contributed by atoms with Crippen LogP contribution in [0.2, 0.25) is 0 Å². The predicted octanol–water partition coefficient (Wildman–Crippen LogP) is 0.950. The largest absolute Gasteiger partial charge is 0.360 e. The molecule has 0 aliphatic carbocycles. The molecule has 1 unspecified atom stereocenters. The summed E-state index contributed by atoms with van der Waals surface area (Å²) in [5.74, 6) is 0.122. The number of amidine groups is 1. The van der Waals surface area contributed by atoms with E-state index < -0.39 is 16.4 Å². The van der Waals surface area contributed by atoms with Crippen LogP contribution < -0.4 is 0 Å². The Morgan fingerprint density at radius 1 is 1.23 bits per heavy atom. The molecule has 8 nitrogen and oxygen atoms in total. The Kier molecular flexibility index (Phi) is 3.38. The maximum absolute atomic E-state index is 12.8. The quantitative estimate of drug-likeness (QED) is 0.901. The number of sulfonamides is 1. The number of aliphatic hydroxyl groups is 1. The summed E-state index contributed by atoms with van der Waals surface area (Å²) in [6.07, 6.45) is -1.74. The van der Waals surface area contributed by atoms with E-state index in [1.54, 1.807) is 30.3 Å². The molecule has 1 aliphatic heterocycles. The smallest absolute Gasteiger partial charge is 0.320 e. The van der Waals surface area contributed by atoms with Gasteiger partial charge in [0, 0.05) is 5.56 Å². The third kappa shape index (κ3) is 2.14. The van der Waals surface area contributed by atoms with Gasteiger partial charge in [-0.1, -0.05) is 40.6 Å². The van der Waals surface area contributed by atoms with E-state index in [-0.39, 0.29) is 22.2 Å². The zero-order valence-electron chi connectivity index (χ0n) is 11.8. The van der Waals surface area contributed by atoms with Gasteiger partial charge < -0.3 is 14.5 Å². The molecular weight excluding hydrogens is 310 g/mol. The molecule has 22 heavy (non-hydrogen) atoms. The molecule has 1 aromatic heterocycles. The Labute approximate surface area is 126 Å². The van der Waals surface area contributed by atoms with Crippen LogP contribution in [-0.2, 0) is 14.9 Å². The van der Waals surface area contributed by atoms with Gasteiger partial charge in [0.1, 0.15) is 5.69 Å². The van der Waals surface area contributed by atoms with Gasteiger partial charge in [0.05, 0.1) is 0 Å². The van der Waals surface area contributed by atoms with Crippen LogP contribution in [-0.4, -0.2) is 35.2 Å². The van der Waals surface area contributed by atoms with Crippen molar-refractivity contribution < 1.29 is 22.9 Å². The van der Waals surface area contributed by atoms with E-state index in [9.17, 15) is 13.5 Å². The fourth-order valence-electron chi connectivity index (χ4n) is 2.23. The molecule has 0 spiro atoms. The Morgan fingerprint density at radius 2 is 1.91 bits per heavy atom. The van der Waals surface area contributed by atoms with Crippen LogP contribution in [0.3, 0.4) is 0 Å². The zero-order chi connectivity index (χ0) is 15.9. The molecule has 0 amide bonds. The van der Waals surface area contributed by atoms with Crippen LogP contribution in [0, 0.1) is 13.8 Å². The maximum Gasteiger partial charge on any atom is 0.320 e. The van der Waals surface area contributed by atoms with Crippen molar-refractivity contribution in [2.45, 2.75) is 25.2 Å². The number of rotatable bonds is 3. The van der Waals surface area contributed by atoms with Crippen molar-refractivity contribution in [1.82, 2.24) is 9.46 Å². The molecular formula is C13H13N3O5S. The summed E-state index contributed by atoms with van der Waals surface area (Å²) >= 11 is 0. The molecule has 0 fully saturated rings. The van der Waals surface area contributed by atoms with Crippen molar-refractivity contribution >= 4 is 15.9 Å². The number of aryl methyl sites for hydroxylation is 2. The van der Waals surface area contributed by atoms with Gasteiger partial charge in [-0.3, -0.25) is 0 Å². The molecule has 3 rings (SSSR count). The molecule has 0 bridgehead atoms. The topological polar surface area (TPSA) is 105 Å². The molecule has 0 saturated heterocycles. The summed E-state index contributed by atoms with van der Waals surface area (Å²) < 4.78 is 31.3. The lowest BCUT2D eigenvalue weighted by atomic mass is 10.2. The zero-order valence-corrected chi connectivity index (χ0v) is 12.6. The lowest BCUT2D eigenvalue weighted by molar-refractivity contribution is -0.121. The van der Waals surface area contributed by atoms with Crippen LogP contribution in [0.25, 0.3) is 0 Å². The van der Waals surface area contributed by atoms with Gasteiger partial charge in [0.2, 0.25) is 0 Å². The molecule has 2 heterocycles. The number of benzene rings is 1. The summed E-state index contributed by atoms with van der Waals surface area (Å²) in [4.78, 5) is 4.63. The van der Waals surface area contributed by atoms with Gasteiger partial charge >= 0.3 is 6.41 Å². The minimum Gasteiger partial charge on any atom is -0.360 e. The fraction of sp³-hybridized carbons (Fsp3) is 0.231. The second-order valence-electron chi connectivity index (χ2n) is 4.67. The maximum atomic E-state index is 12.8. The van der Waals surface area contributed by atoms with Crippen molar-refractivity contribution in [2.75, 3.05) is 0 Å². The first kappa shape index (κ1) is 14.5. The number of aromatic nitrogens is 1. The van der Waals surface area contributed by atoms with Crippen molar-refractivity contribution in [3.63, 3.8) is 0 Å². The van der Waals surface area contributed by atoms with Crippen molar-refractivity contribution in [2.24, 2.45) is 5.16 Å². The Morgan fingerprint density at radius 3 is 2.50 bits per heavy atom. The molecule has 116 valence electrons. The normalized spacial score (nSPS) is 18.2. The highest BCUT2D eigenvalue weighted by atomic mass is 32.2. The molecule has 9 heteroatoms. The number of hydrogen-bond acceptors (Lipinski definition) is 7. The van der Waals surface area contributed by atoms with Gasteiger partial charge in [-0.15, -0.1) is 0 Å². The van der Waals surface area contributed by atoms with E-state index in [2.05, 4.69) is 10.3 Å². The second kappa shape index (κ2) is 5.11. The molecule has 0 saturated carbocycles. The van der Waals surface area contributed by atoms with E-state index in [0.717, 1.165) is 0 Å². The van der Waals surface area contributed by atoms with Crippen LogP contribution in [0.15, 0.2) is 44.9 Å². The first-order valence-electron chi connectivity index (χ1n) is 6.37. The van der Waals surface area contributed by atoms with E-state index >= 15 is 0 Å². The molecule has 1 aliphatic rings. The second-order valence-corrected chi connectivity index (χ2v) is 6.42. The summed E-state index contributed by atoms with van der Waals surface area (Å²) in [5.41, 5.74) is 0.693. The van der Waals surface area contributed by atoms with Crippen molar-refractivity contribution in [3.8, 4) is 0 Å². The average molecular weight is 323 g/mol. The highest BCUT2D eigenvalue weighted by Gasteiger charge is 2.42. The minimum atomic E-state index is -4.13. The van der Waals surface area contributed by atoms with E-state index in [4.69, 9.17) is 9.36 Å². The molecule has 1 aromatic carbocycles. The van der Waals surface area contributed by atoms with E-state index in [1.165, 1.54) is 13.8 Å². The van der Waals surface area contributed by atoms with Crippen LogP contribution in [0.5, 0.6) is 0 Å². The SMILES string of the molecule is Cc1noc(C)c1S(=O)(=O)N1C(c2ccccc2)=NOC1O. The summed E-state index contributed by atoms with van der Waals surface area (Å²) in [6, 6.07) is 8.56. The monoisotopic (exact) mass is 323 g/mol. The summed E-state index contributed by atoms with van der Waals surface area (Å²) in [6.45, 7) is 2.99.